The van der Waals surface area contributed by atoms with Gasteiger partial charge in [-0.2, -0.15) is 0 Å². The van der Waals surface area contributed by atoms with E-state index in [0.29, 0.717) is 6.04 Å². The minimum absolute atomic E-state index is 0.676. The van der Waals surface area contributed by atoms with Crippen LogP contribution in [0.15, 0.2) is 54.6 Å². The lowest BCUT2D eigenvalue weighted by molar-refractivity contribution is 0.234. The van der Waals surface area contributed by atoms with Crippen LogP contribution in [0.3, 0.4) is 0 Å². The second-order valence-corrected chi connectivity index (χ2v) is 6.02. The van der Waals surface area contributed by atoms with Gasteiger partial charge in [0.2, 0.25) is 0 Å². The lowest BCUT2D eigenvalue weighted by atomic mass is 10.0. The van der Waals surface area contributed by atoms with Crippen LogP contribution in [0.1, 0.15) is 18.4 Å². The second kappa shape index (κ2) is 6.88. The molecule has 0 bridgehead atoms. The Bertz CT molecular complexity index is 540. The lowest BCUT2D eigenvalue weighted by Gasteiger charge is -2.29. The molecule has 2 heteroatoms. The Labute approximate surface area is 127 Å². The monoisotopic (exact) mass is 280 g/mol. The van der Waals surface area contributed by atoms with Crippen LogP contribution in [0.4, 0.5) is 0 Å². The van der Waals surface area contributed by atoms with Crippen molar-refractivity contribution >= 4 is 0 Å². The number of nitrogens with zero attached hydrogens (tertiary/aromatic N) is 1. The summed E-state index contributed by atoms with van der Waals surface area (Å²) >= 11 is 0. The normalized spacial score (nSPS) is 17.0. The molecule has 2 aromatic rings. The van der Waals surface area contributed by atoms with Gasteiger partial charge in [0.15, 0.2) is 0 Å². The van der Waals surface area contributed by atoms with Gasteiger partial charge in [-0.3, -0.25) is 0 Å². The maximum atomic E-state index is 3.69. The van der Waals surface area contributed by atoms with Gasteiger partial charge in [-0.15, -0.1) is 0 Å². The van der Waals surface area contributed by atoms with Crippen LogP contribution < -0.4 is 5.32 Å². The first-order valence-corrected chi connectivity index (χ1v) is 7.87. The average Bonchev–Trinajstić information content (AvgIpc) is 2.56. The fourth-order valence-corrected chi connectivity index (χ4v) is 2.92. The van der Waals surface area contributed by atoms with E-state index in [1.165, 1.54) is 42.6 Å². The molecule has 1 saturated heterocycles. The predicted molar refractivity (Wildman–Crippen MR) is 89.2 cm³/mol. The van der Waals surface area contributed by atoms with Gasteiger partial charge >= 0.3 is 0 Å². The Balaban J connectivity index is 1.55. The quantitative estimate of drug-likeness (QED) is 0.921. The Morgan fingerprint density at radius 3 is 2.19 bits per heavy atom. The van der Waals surface area contributed by atoms with E-state index in [9.17, 15) is 0 Å². The highest BCUT2D eigenvalue weighted by atomic mass is 15.1. The van der Waals surface area contributed by atoms with Crippen LogP contribution in [0.5, 0.6) is 0 Å². The maximum absolute atomic E-state index is 3.69. The summed E-state index contributed by atoms with van der Waals surface area (Å²) in [7, 11) is 2.21. The van der Waals surface area contributed by atoms with Gasteiger partial charge in [0.25, 0.3) is 0 Å². The Kier molecular flexibility index (Phi) is 4.69. The molecule has 1 aliphatic heterocycles. The van der Waals surface area contributed by atoms with E-state index in [2.05, 4.69) is 71.9 Å². The van der Waals surface area contributed by atoms with Crippen molar-refractivity contribution in [1.82, 2.24) is 10.2 Å². The highest BCUT2D eigenvalue weighted by molar-refractivity contribution is 5.63. The average molecular weight is 280 g/mol. The fourth-order valence-electron chi connectivity index (χ4n) is 2.92. The van der Waals surface area contributed by atoms with Crippen LogP contribution in [-0.2, 0) is 6.54 Å². The summed E-state index contributed by atoms with van der Waals surface area (Å²) < 4.78 is 0. The minimum Gasteiger partial charge on any atom is -0.310 e. The Hall–Kier alpha value is -1.64. The van der Waals surface area contributed by atoms with Crippen molar-refractivity contribution in [2.75, 3.05) is 20.1 Å². The van der Waals surface area contributed by atoms with Crippen molar-refractivity contribution in [3.05, 3.63) is 60.2 Å². The highest BCUT2D eigenvalue weighted by Gasteiger charge is 2.15. The van der Waals surface area contributed by atoms with E-state index in [0.717, 1.165) is 6.54 Å². The van der Waals surface area contributed by atoms with Gasteiger partial charge in [-0.05, 0) is 49.7 Å². The summed E-state index contributed by atoms with van der Waals surface area (Å²) in [6.45, 7) is 3.40. The largest absolute Gasteiger partial charge is 0.310 e. The van der Waals surface area contributed by atoms with Gasteiger partial charge in [0.1, 0.15) is 0 Å². The topological polar surface area (TPSA) is 15.3 Å². The van der Waals surface area contributed by atoms with Crippen molar-refractivity contribution in [3.8, 4) is 11.1 Å². The number of piperidine rings is 1. The zero-order chi connectivity index (χ0) is 14.5. The molecule has 0 saturated carbocycles. The van der Waals surface area contributed by atoms with E-state index < -0.39 is 0 Å². The van der Waals surface area contributed by atoms with Crippen molar-refractivity contribution in [2.45, 2.75) is 25.4 Å². The lowest BCUT2D eigenvalue weighted by Crippen LogP contribution is -2.40. The Morgan fingerprint density at radius 2 is 1.52 bits per heavy atom. The molecule has 2 nitrogen and oxygen atoms in total. The van der Waals surface area contributed by atoms with Gasteiger partial charge in [0.05, 0.1) is 0 Å². The molecular weight excluding hydrogens is 256 g/mol. The first-order valence-electron chi connectivity index (χ1n) is 7.87. The number of benzene rings is 2. The molecule has 0 atom stereocenters. The standard InChI is InChI=1S/C19H24N2/c1-21-13-11-19(12-14-21)20-15-16-7-9-18(10-8-16)17-5-3-2-4-6-17/h2-10,19-20H,11-15H2,1H3. The molecule has 110 valence electrons. The van der Waals surface area contributed by atoms with Gasteiger partial charge in [0, 0.05) is 12.6 Å². The van der Waals surface area contributed by atoms with E-state index in [-0.39, 0.29) is 0 Å². The summed E-state index contributed by atoms with van der Waals surface area (Å²) in [6, 6.07) is 20.2. The van der Waals surface area contributed by atoms with Crippen molar-refractivity contribution in [2.24, 2.45) is 0 Å². The minimum atomic E-state index is 0.676. The molecule has 0 radical (unpaired) electrons. The third-order valence-electron chi connectivity index (χ3n) is 4.37. The number of nitrogens with one attached hydrogen (secondary N) is 1. The molecular formula is C19H24N2. The van der Waals surface area contributed by atoms with Crippen LogP contribution in [0, 0.1) is 0 Å². The van der Waals surface area contributed by atoms with Crippen LogP contribution in [0.25, 0.3) is 11.1 Å². The molecule has 21 heavy (non-hydrogen) atoms. The van der Waals surface area contributed by atoms with E-state index >= 15 is 0 Å². The van der Waals surface area contributed by atoms with E-state index in [4.69, 9.17) is 0 Å². The summed E-state index contributed by atoms with van der Waals surface area (Å²) in [4.78, 5) is 2.41. The maximum Gasteiger partial charge on any atom is 0.0208 e. The third-order valence-corrected chi connectivity index (χ3v) is 4.37. The van der Waals surface area contributed by atoms with Gasteiger partial charge in [-0.25, -0.2) is 0 Å². The van der Waals surface area contributed by atoms with Crippen molar-refractivity contribution in [3.63, 3.8) is 0 Å². The number of hydrogen-bond acceptors (Lipinski definition) is 2. The van der Waals surface area contributed by atoms with Crippen molar-refractivity contribution in [1.29, 1.82) is 0 Å². The summed E-state index contributed by atoms with van der Waals surface area (Å²) in [5.41, 5.74) is 3.94. The molecule has 0 spiro atoms. The molecule has 0 aromatic heterocycles. The SMILES string of the molecule is CN1CCC(NCc2ccc(-c3ccccc3)cc2)CC1. The molecule has 1 heterocycles. The molecule has 1 fully saturated rings. The van der Waals surface area contributed by atoms with Crippen LogP contribution in [0.2, 0.25) is 0 Å². The molecule has 3 rings (SSSR count). The van der Waals surface area contributed by atoms with Gasteiger partial charge in [-0.1, -0.05) is 54.6 Å². The number of rotatable bonds is 4. The molecule has 1 N–H and O–H groups in total. The fraction of sp³-hybridized carbons (Fsp3) is 0.368. The van der Waals surface area contributed by atoms with Gasteiger partial charge < -0.3 is 10.2 Å². The number of likely N-dealkylation sites (tertiary alicyclic amines) is 1. The predicted octanol–water partition coefficient (Wildman–Crippen LogP) is 3.54. The molecule has 1 aliphatic rings. The smallest absolute Gasteiger partial charge is 0.0208 e. The summed E-state index contributed by atoms with van der Waals surface area (Å²) in [6.07, 6.45) is 2.52. The molecule has 2 aromatic carbocycles. The molecule has 0 amide bonds. The third kappa shape index (κ3) is 3.93. The molecule has 0 aliphatic carbocycles. The summed E-state index contributed by atoms with van der Waals surface area (Å²) in [5.74, 6) is 0. The number of hydrogen-bond donors (Lipinski definition) is 1. The van der Waals surface area contributed by atoms with Crippen LogP contribution >= 0.6 is 0 Å². The molecule has 0 unspecified atom stereocenters. The Morgan fingerprint density at radius 1 is 0.905 bits per heavy atom. The zero-order valence-corrected chi connectivity index (χ0v) is 12.8. The first-order chi connectivity index (χ1) is 10.3. The summed E-state index contributed by atoms with van der Waals surface area (Å²) in [5, 5.41) is 3.69. The van der Waals surface area contributed by atoms with Crippen molar-refractivity contribution < 1.29 is 0 Å². The zero-order valence-electron chi connectivity index (χ0n) is 12.8. The van der Waals surface area contributed by atoms with E-state index in [1.54, 1.807) is 0 Å². The highest BCUT2D eigenvalue weighted by Crippen LogP contribution is 2.19. The second-order valence-electron chi connectivity index (χ2n) is 6.02. The van der Waals surface area contributed by atoms with E-state index in [1.807, 2.05) is 0 Å². The van der Waals surface area contributed by atoms with Crippen LogP contribution in [-0.4, -0.2) is 31.1 Å². The first kappa shape index (κ1) is 14.3.